The van der Waals surface area contributed by atoms with Gasteiger partial charge in [0.05, 0.1) is 6.61 Å². The van der Waals surface area contributed by atoms with E-state index in [2.05, 4.69) is 26.1 Å². The lowest BCUT2D eigenvalue weighted by atomic mass is 9.75. The van der Waals surface area contributed by atoms with Gasteiger partial charge in [-0.1, -0.05) is 27.2 Å². The number of rotatable bonds is 4. The third-order valence-corrected chi connectivity index (χ3v) is 3.60. The van der Waals surface area contributed by atoms with Crippen molar-refractivity contribution in [2.24, 2.45) is 17.8 Å². The molecule has 0 aliphatic heterocycles. The largest absolute Gasteiger partial charge is 0.446 e. The topological polar surface area (TPSA) is 58.6 Å². The highest BCUT2D eigenvalue weighted by Gasteiger charge is 2.33. The Balaban J connectivity index is 2.48. The van der Waals surface area contributed by atoms with Crippen LogP contribution in [0, 0.1) is 17.8 Å². The number of amides is 1. The summed E-state index contributed by atoms with van der Waals surface area (Å²) in [5, 5.41) is 11.2. The van der Waals surface area contributed by atoms with Gasteiger partial charge in [0.15, 0.2) is 0 Å². The summed E-state index contributed by atoms with van der Waals surface area (Å²) in [4.78, 5) is 11.5. The van der Waals surface area contributed by atoms with Crippen molar-refractivity contribution in [1.82, 2.24) is 5.32 Å². The molecule has 1 amide bonds. The van der Waals surface area contributed by atoms with Gasteiger partial charge in [0.1, 0.15) is 6.10 Å². The first-order valence-corrected chi connectivity index (χ1v) is 6.60. The van der Waals surface area contributed by atoms with Crippen molar-refractivity contribution in [1.29, 1.82) is 0 Å². The first kappa shape index (κ1) is 14.3. The summed E-state index contributed by atoms with van der Waals surface area (Å²) in [6.07, 6.45) is 2.94. The summed E-state index contributed by atoms with van der Waals surface area (Å²) < 4.78 is 5.48. The zero-order chi connectivity index (χ0) is 12.8. The van der Waals surface area contributed by atoms with Crippen LogP contribution in [0.1, 0.15) is 40.0 Å². The van der Waals surface area contributed by atoms with Crippen LogP contribution in [0.15, 0.2) is 0 Å². The molecule has 0 aromatic carbocycles. The average Bonchev–Trinajstić information content (AvgIpc) is 2.26. The number of carbonyl (C=O) groups excluding carboxylic acids is 1. The highest BCUT2D eigenvalue weighted by Crippen LogP contribution is 2.35. The summed E-state index contributed by atoms with van der Waals surface area (Å²) in [7, 11) is 0. The molecule has 17 heavy (non-hydrogen) atoms. The number of ether oxygens (including phenoxy) is 1. The Labute approximate surface area is 104 Å². The molecule has 0 radical (unpaired) electrons. The minimum absolute atomic E-state index is 0.0254. The monoisotopic (exact) mass is 243 g/mol. The fourth-order valence-electron chi connectivity index (χ4n) is 2.59. The van der Waals surface area contributed by atoms with Gasteiger partial charge in [-0.15, -0.1) is 0 Å². The summed E-state index contributed by atoms with van der Waals surface area (Å²) in [5.74, 6) is 1.63. The van der Waals surface area contributed by atoms with Gasteiger partial charge >= 0.3 is 6.09 Å². The molecule has 1 saturated carbocycles. The van der Waals surface area contributed by atoms with E-state index in [1.165, 1.54) is 6.42 Å². The van der Waals surface area contributed by atoms with Crippen LogP contribution in [-0.4, -0.2) is 30.5 Å². The predicted molar refractivity (Wildman–Crippen MR) is 66.7 cm³/mol. The number of aliphatic hydroxyl groups excluding tert-OH is 1. The normalized spacial score (nSPS) is 29.1. The molecule has 4 nitrogen and oxygen atoms in total. The molecular formula is C13H25NO3. The Morgan fingerprint density at radius 3 is 2.76 bits per heavy atom. The van der Waals surface area contributed by atoms with Crippen molar-refractivity contribution in [2.75, 3.05) is 13.2 Å². The molecule has 0 heterocycles. The molecule has 1 rings (SSSR count). The van der Waals surface area contributed by atoms with E-state index in [1.54, 1.807) is 0 Å². The molecule has 0 spiro atoms. The number of hydrogen-bond donors (Lipinski definition) is 2. The first-order chi connectivity index (χ1) is 8.04. The van der Waals surface area contributed by atoms with Gasteiger partial charge in [-0.3, -0.25) is 0 Å². The zero-order valence-electron chi connectivity index (χ0n) is 11.1. The van der Waals surface area contributed by atoms with Gasteiger partial charge in [0.25, 0.3) is 0 Å². The second kappa shape index (κ2) is 6.84. The number of nitrogens with one attached hydrogen (secondary N) is 1. The molecule has 1 aliphatic carbocycles. The summed E-state index contributed by atoms with van der Waals surface area (Å²) >= 11 is 0. The maximum Gasteiger partial charge on any atom is 0.407 e. The van der Waals surface area contributed by atoms with E-state index in [9.17, 15) is 4.79 Å². The van der Waals surface area contributed by atoms with Crippen LogP contribution >= 0.6 is 0 Å². The van der Waals surface area contributed by atoms with Gasteiger partial charge in [-0.05, 0) is 30.6 Å². The smallest absolute Gasteiger partial charge is 0.407 e. The molecule has 0 bridgehead atoms. The minimum atomic E-state index is -0.399. The molecule has 1 fully saturated rings. The van der Waals surface area contributed by atoms with E-state index in [-0.39, 0.29) is 19.3 Å². The average molecular weight is 243 g/mol. The SMILES string of the molecule is CC(C)C1CC[C@H](C)C[C@@H]1OC(=O)NCCO. The van der Waals surface area contributed by atoms with Crippen LogP contribution in [0.4, 0.5) is 4.79 Å². The van der Waals surface area contributed by atoms with E-state index in [0.29, 0.717) is 17.8 Å². The fourth-order valence-corrected chi connectivity index (χ4v) is 2.59. The summed E-state index contributed by atoms with van der Waals surface area (Å²) in [6.45, 7) is 6.78. The van der Waals surface area contributed by atoms with Crippen LogP contribution < -0.4 is 5.32 Å². The van der Waals surface area contributed by atoms with Crippen molar-refractivity contribution in [3.63, 3.8) is 0 Å². The Bertz CT molecular complexity index is 243. The number of hydrogen-bond acceptors (Lipinski definition) is 3. The molecule has 1 aliphatic rings. The predicted octanol–water partition coefficient (Wildman–Crippen LogP) is 2.17. The highest BCUT2D eigenvalue weighted by molar-refractivity contribution is 5.67. The lowest BCUT2D eigenvalue weighted by molar-refractivity contribution is 0.00583. The van der Waals surface area contributed by atoms with Crippen LogP contribution in [0.25, 0.3) is 0 Å². The molecular weight excluding hydrogens is 218 g/mol. The summed E-state index contributed by atoms with van der Waals surface area (Å²) in [5.41, 5.74) is 0. The third-order valence-electron chi connectivity index (χ3n) is 3.60. The third kappa shape index (κ3) is 4.54. The van der Waals surface area contributed by atoms with E-state index in [0.717, 1.165) is 12.8 Å². The van der Waals surface area contributed by atoms with Crippen molar-refractivity contribution in [3.05, 3.63) is 0 Å². The Kier molecular flexibility index (Phi) is 5.75. The van der Waals surface area contributed by atoms with E-state index in [1.807, 2.05) is 0 Å². The van der Waals surface area contributed by atoms with Crippen molar-refractivity contribution < 1.29 is 14.6 Å². The van der Waals surface area contributed by atoms with Gasteiger partial charge < -0.3 is 15.2 Å². The van der Waals surface area contributed by atoms with Gasteiger partial charge in [0.2, 0.25) is 0 Å². The highest BCUT2D eigenvalue weighted by atomic mass is 16.6. The molecule has 0 saturated heterocycles. The van der Waals surface area contributed by atoms with Crippen molar-refractivity contribution in [2.45, 2.75) is 46.1 Å². The van der Waals surface area contributed by atoms with Crippen molar-refractivity contribution in [3.8, 4) is 0 Å². The van der Waals surface area contributed by atoms with Crippen LogP contribution in [0.5, 0.6) is 0 Å². The number of alkyl carbamates (subject to hydrolysis) is 1. The van der Waals surface area contributed by atoms with Gasteiger partial charge in [-0.25, -0.2) is 4.79 Å². The molecule has 100 valence electrons. The molecule has 3 atom stereocenters. The number of carbonyl (C=O) groups is 1. The molecule has 2 N–H and O–H groups in total. The first-order valence-electron chi connectivity index (χ1n) is 6.60. The molecule has 0 aromatic rings. The number of aliphatic hydroxyl groups is 1. The standard InChI is InChI=1S/C13H25NO3/c1-9(2)11-5-4-10(3)8-12(11)17-13(16)14-6-7-15/h9-12,15H,4-8H2,1-3H3,(H,14,16)/t10-,11?,12-/m0/s1. The van der Waals surface area contributed by atoms with Gasteiger partial charge in [0, 0.05) is 6.54 Å². The van der Waals surface area contributed by atoms with E-state index < -0.39 is 6.09 Å². The lowest BCUT2D eigenvalue weighted by Gasteiger charge is -2.36. The zero-order valence-corrected chi connectivity index (χ0v) is 11.1. The van der Waals surface area contributed by atoms with E-state index >= 15 is 0 Å². The van der Waals surface area contributed by atoms with Crippen molar-refractivity contribution >= 4 is 6.09 Å². The Hall–Kier alpha value is -0.770. The minimum Gasteiger partial charge on any atom is -0.446 e. The maximum absolute atomic E-state index is 11.5. The van der Waals surface area contributed by atoms with E-state index in [4.69, 9.17) is 9.84 Å². The summed E-state index contributed by atoms with van der Waals surface area (Å²) in [6, 6.07) is 0. The molecule has 0 aromatic heterocycles. The van der Waals surface area contributed by atoms with Gasteiger partial charge in [-0.2, -0.15) is 0 Å². The second-order valence-corrected chi connectivity index (χ2v) is 5.42. The Morgan fingerprint density at radius 1 is 1.47 bits per heavy atom. The fraction of sp³-hybridized carbons (Fsp3) is 0.923. The quantitative estimate of drug-likeness (QED) is 0.795. The second-order valence-electron chi connectivity index (χ2n) is 5.42. The van der Waals surface area contributed by atoms with Crippen LogP contribution in [0.2, 0.25) is 0 Å². The maximum atomic E-state index is 11.5. The lowest BCUT2D eigenvalue weighted by Crippen LogP contribution is -2.39. The molecule has 1 unspecified atom stereocenters. The Morgan fingerprint density at radius 2 is 2.18 bits per heavy atom. The molecule has 4 heteroatoms. The van der Waals surface area contributed by atoms with Crippen LogP contribution in [0.3, 0.4) is 0 Å². The van der Waals surface area contributed by atoms with Crippen LogP contribution in [-0.2, 0) is 4.74 Å².